The van der Waals surface area contributed by atoms with Crippen LogP contribution in [0, 0.1) is 0 Å². The van der Waals surface area contributed by atoms with Crippen LogP contribution in [0.25, 0.3) is 43.4 Å². The second-order valence-electron chi connectivity index (χ2n) is 6.89. The number of nitrogen functional groups attached to an aromatic ring is 3. The van der Waals surface area contributed by atoms with Gasteiger partial charge in [0.1, 0.15) is 0 Å². The summed E-state index contributed by atoms with van der Waals surface area (Å²) in [6, 6.07) is 27.1. The van der Waals surface area contributed by atoms with Gasteiger partial charge in [-0.25, -0.2) is 0 Å². The van der Waals surface area contributed by atoms with E-state index in [-0.39, 0.29) is 0 Å². The van der Waals surface area contributed by atoms with Crippen molar-refractivity contribution < 1.29 is 0 Å². The fraction of sp³-hybridized carbons (Fsp3) is 0. The number of rotatable bonds is 1. The Kier molecular flexibility index (Phi) is 3.25. The highest BCUT2D eigenvalue weighted by Crippen LogP contribution is 2.45. The van der Waals surface area contributed by atoms with Crippen molar-refractivity contribution >= 4 is 49.4 Å². The SMILES string of the molecule is Nc1c(N)c(-c2cccc3ccccc23)c2cc3ccccc3cc2c1N. The molecule has 0 bridgehead atoms. The highest BCUT2D eigenvalue weighted by Gasteiger charge is 2.17. The van der Waals surface area contributed by atoms with Gasteiger partial charge in [-0.3, -0.25) is 0 Å². The fourth-order valence-corrected chi connectivity index (χ4v) is 3.97. The monoisotopic (exact) mass is 349 g/mol. The van der Waals surface area contributed by atoms with Crippen LogP contribution in [0.1, 0.15) is 0 Å². The van der Waals surface area contributed by atoms with Gasteiger partial charge in [0, 0.05) is 10.9 Å². The largest absolute Gasteiger partial charge is 0.396 e. The van der Waals surface area contributed by atoms with Crippen molar-refractivity contribution in [2.45, 2.75) is 0 Å². The first-order chi connectivity index (χ1) is 13.1. The lowest BCUT2D eigenvalue weighted by Crippen LogP contribution is -2.04. The highest BCUT2D eigenvalue weighted by molar-refractivity contribution is 6.19. The number of anilines is 3. The Hall–Kier alpha value is -3.72. The molecule has 0 unspecified atom stereocenters. The van der Waals surface area contributed by atoms with Gasteiger partial charge in [0.05, 0.1) is 17.1 Å². The molecule has 130 valence electrons. The molecule has 0 atom stereocenters. The summed E-state index contributed by atoms with van der Waals surface area (Å²) >= 11 is 0. The molecule has 0 aliphatic carbocycles. The third-order valence-electron chi connectivity index (χ3n) is 5.35. The Morgan fingerprint density at radius 3 is 1.78 bits per heavy atom. The lowest BCUT2D eigenvalue weighted by molar-refractivity contribution is 1.66. The average molecular weight is 349 g/mol. The van der Waals surface area contributed by atoms with E-state index in [9.17, 15) is 0 Å². The number of benzene rings is 5. The van der Waals surface area contributed by atoms with Crippen LogP contribution in [0.4, 0.5) is 17.1 Å². The van der Waals surface area contributed by atoms with Crippen LogP contribution in [-0.4, -0.2) is 0 Å². The van der Waals surface area contributed by atoms with Crippen LogP contribution >= 0.6 is 0 Å². The third kappa shape index (κ3) is 2.22. The van der Waals surface area contributed by atoms with Gasteiger partial charge in [0.15, 0.2) is 0 Å². The molecule has 0 heterocycles. The molecule has 5 rings (SSSR count). The minimum absolute atomic E-state index is 0.445. The standard InChI is InChI=1S/C24H19N3/c25-22-20-13-16-8-2-1-7-15(16)12-19(20)21(23(26)24(22)27)18-11-5-9-14-6-3-4-10-17(14)18/h1-13H,25-27H2. The van der Waals surface area contributed by atoms with Crippen LogP contribution in [0.5, 0.6) is 0 Å². The second kappa shape index (κ2) is 5.64. The summed E-state index contributed by atoms with van der Waals surface area (Å²) in [7, 11) is 0. The zero-order chi connectivity index (χ0) is 18.5. The van der Waals surface area contributed by atoms with E-state index in [1.807, 2.05) is 24.3 Å². The van der Waals surface area contributed by atoms with Crippen LogP contribution in [0.2, 0.25) is 0 Å². The third-order valence-corrected chi connectivity index (χ3v) is 5.35. The van der Waals surface area contributed by atoms with E-state index in [0.29, 0.717) is 17.1 Å². The second-order valence-corrected chi connectivity index (χ2v) is 6.89. The van der Waals surface area contributed by atoms with Crippen molar-refractivity contribution in [3.8, 4) is 11.1 Å². The van der Waals surface area contributed by atoms with Gasteiger partial charge in [0.2, 0.25) is 0 Å². The van der Waals surface area contributed by atoms with E-state index in [4.69, 9.17) is 17.2 Å². The van der Waals surface area contributed by atoms with Gasteiger partial charge in [-0.2, -0.15) is 0 Å². The fourth-order valence-electron chi connectivity index (χ4n) is 3.97. The molecule has 0 spiro atoms. The molecule has 0 aromatic heterocycles. The Morgan fingerprint density at radius 1 is 0.444 bits per heavy atom. The molecule has 0 fully saturated rings. The molecular weight excluding hydrogens is 330 g/mol. The van der Waals surface area contributed by atoms with E-state index in [0.717, 1.165) is 38.1 Å². The van der Waals surface area contributed by atoms with Gasteiger partial charge in [-0.15, -0.1) is 0 Å². The van der Waals surface area contributed by atoms with E-state index < -0.39 is 0 Å². The normalized spacial score (nSPS) is 11.4. The first kappa shape index (κ1) is 15.5. The molecule has 3 nitrogen and oxygen atoms in total. The van der Waals surface area contributed by atoms with Gasteiger partial charge < -0.3 is 17.2 Å². The quantitative estimate of drug-likeness (QED) is 0.274. The summed E-state index contributed by atoms with van der Waals surface area (Å²) in [4.78, 5) is 0. The minimum Gasteiger partial charge on any atom is -0.396 e. The van der Waals surface area contributed by atoms with E-state index in [2.05, 4.69) is 54.6 Å². The number of hydrogen-bond donors (Lipinski definition) is 3. The van der Waals surface area contributed by atoms with Crippen molar-refractivity contribution in [3.05, 3.63) is 78.9 Å². The predicted octanol–water partition coefficient (Wildman–Crippen LogP) is 5.56. The van der Waals surface area contributed by atoms with Gasteiger partial charge >= 0.3 is 0 Å². The zero-order valence-corrected chi connectivity index (χ0v) is 14.7. The lowest BCUT2D eigenvalue weighted by Gasteiger charge is -2.18. The first-order valence-electron chi connectivity index (χ1n) is 8.92. The number of fused-ring (bicyclic) bond motifs is 3. The maximum atomic E-state index is 6.51. The molecule has 27 heavy (non-hydrogen) atoms. The maximum Gasteiger partial charge on any atom is 0.0794 e. The maximum absolute atomic E-state index is 6.51. The Labute approximate surface area is 157 Å². The van der Waals surface area contributed by atoms with Crippen molar-refractivity contribution in [2.24, 2.45) is 0 Å². The van der Waals surface area contributed by atoms with Crippen LogP contribution in [-0.2, 0) is 0 Å². The molecule has 6 N–H and O–H groups in total. The summed E-state index contributed by atoms with van der Waals surface area (Å²) in [5.41, 5.74) is 22.7. The minimum atomic E-state index is 0.445. The highest BCUT2D eigenvalue weighted by atomic mass is 14.7. The molecule has 0 radical (unpaired) electrons. The topological polar surface area (TPSA) is 78.1 Å². The summed E-state index contributed by atoms with van der Waals surface area (Å²) in [6.07, 6.45) is 0. The van der Waals surface area contributed by atoms with Crippen LogP contribution in [0.3, 0.4) is 0 Å². The van der Waals surface area contributed by atoms with Crippen molar-refractivity contribution in [1.29, 1.82) is 0 Å². The number of nitrogens with two attached hydrogens (primary N) is 3. The summed E-state index contributed by atoms with van der Waals surface area (Å²) in [5, 5.41) is 6.54. The Morgan fingerprint density at radius 2 is 1.04 bits per heavy atom. The van der Waals surface area contributed by atoms with Crippen LogP contribution in [0.15, 0.2) is 78.9 Å². The van der Waals surface area contributed by atoms with E-state index >= 15 is 0 Å². The Bertz CT molecular complexity index is 1350. The zero-order valence-electron chi connectivity index (χ0n) is 14.7. The molecule has 0 amide bonds. The van der Waals surface area contributed by atoms with Crippen molar-refractivity contribution in [3.63, 3.8) is 0 Å². The van der Waals surface area contributed by atoms with Gasteiger partial charge in [-0.1, -0.05) is 66.7 Å². The molecule has 0 saturated heterocycles. The molecule has 0 aliphatic heterocycles. The predicted molar refractivity (Wildman–Crippen MR) is 118 cm³/mol. The molecule has 5 aromatic rings. The molecular formula is C24H19N3. The van der Waals surface area contributed by atoms with E-state index in [1.165, 1.54) is 5.39 Å². The lowest BCUT2D eigenvalue weighted by atomic mass is 9.89. The van der Waals surface area contributed by atoms with E-state index in [1.54, 1.807) is 0 Å². The summed E-state index contributed by atoms with van der Waals surface area (Å²) in [5.74, 6) is 0. The first-order valence-corrected chi connectivity index (χ1v) is 8.92. The van der Waals surface area contributed by atoms with Gasteiger partial charge in [-0.05, 0) is 44.6 Å². The average Bonchev–Trinajstić information content (AvgIpc) is 2.71. The molecule has 3 heteroatoms. The van der Waals surface area contributed by atoms with Crippen molar-refractivity contribution in [1.82, 2.24) is 0 Å². The Balaban J connectivity index is 2.01. The summed E-state index contributed by atoms with van der Waals surface area (Å²) in [6.45, 7) is 0. The summed E-state index contributed by atoms with van der Waals surface area (Å²) < 4.78 is 0. The molecule has 0 aliphatic rings. The number of hydrogen-bond acceptors (Lipinski definition) is 3. The smallest absolute Gasteiger partial charge is 0.0794 e. The molecule has 0 saturated carbocycles. The molecule has 5 aromatic carbocycles. The van der Waals surface area contributed by atoms with Crippen LogP contribution < -0.4 is 17.2 Å². The van der Waals surface area contributed by atoms with Gasteiger partial charge in [0.25, 0.3) is 0 Å². The van der Waals surface area contributed by atoms with Crippen molar-refractivity contribution in [2.75, 3.05) is 17.2 Å².